The van der Waals surface area contributed by atoms with Gasteiger partial charge in [0.2, 0.25) is 10.6 Å². The number of carbonyl (C=O) groups is 1. The molecule has 0 bridgehead atoms. The molecule has 0 aliphatic carbocycles. The first-order valence-corrected chi connectivity index (χ1v) is 9.79. The minimum atomic E-state index is -0.709. The van der Waals surface area contributed by atoms with Gasteiger partial charge in [0.1, 0.15) is 10.7 Å². The molecular formula is C19H14ClN5O3S. The summed E-state index contributed by atoms with van der Waals surface area (Å²) in [4.78, 5) is 38.2. The average Bonchev–Trinajstić information content (AvgIpc) is 3.18. The predicted octanol–water partition coefficient (Wildman–Crippen LogP) is 3.44. The monoisotopic (exact) mass is 427 g/mol. The summed E-state index contributed by atoms with van der Waals surface area (Å²) < 4.78 is 11.0. The molecule has 0 fully saturated rings. The number of hydrogen-bond acceptors (Lipinski definition) is 8. The van der Waals surface area contributed by atoms with Crippen LogP contribution in [0.1, 0.15) is 22.8 Å². The molecule has 29 heavy (non-hydrogen) atoms. The smallest absolute Gasteiger partial charge is 0.343 e. The summed E-state index contributed by atoms with van der Waals surface area (Å²) in [5.74, 6) is -0.235. The molecule has 0 unspecified atom stereocenters. The van der Waals surface area contributed by atoms with Crippen LogP contribution >= 0.6 is 23.1 Å². The number of nitrogens with zero attached hydrogens (tertiary/aromatic N) is 5. The molecule has 10 heteroatoms. The zero-order valence-corrected chi connectivity index (χ0v) is 17.0. The van der Waals surface area contributed by atoms with Crippen molar-refractivity contribution in [2.75, 3.05) is 6.61 Å². The normalized spacial score (nSPS) is 11.0. The van der Waals surface area contributed by atoms with Gasteiger partial charge in [-0.05, 0) is 37.6 Å². The number of pyridine rings is 3. The third-order valence-corrected chi connectivity index (χ3v) is 5.07. The first-order valence-electron chi connectivity index (χ1n) is 8.63. The number of rotatable bonds is 4. The summed E-state index contributed by atoms with van der Waals surface area (Å²) in [6.45, 7) is 3.56. The Morgan fingerprint density at radius 2 is 2.17 bits per heavy atom. The molecule has 0 aromatic carbocycles. The van der Waals surface area contributed by atoms with Crippen molar-refractivity contribution in [3.05, 3.63) is 63.3 Å². The van der Waals surface area contributed by atoms with E-state index in [0.717, 1.165) is 17.1 Å². The van der Waals surface area contributed by atoms with E-state index in [1.54, 1.807) is 42.9 Å². The van der Waals surface area contributed by atoms with E-state index in [9.17, 15) is 9.59 Å². The van der Waals surface area contributed by atoms with Crippen molar-refractivity contribution in [1.29, 1.82) is 0 Å². The number of aryl methyl sites for hydroxylation is 1. The molecule has 0 saturated heterocycles. The third-order valence-electron chi connectivity index (χ3n) is 4.16. The van der Waals surface area contributed by atoms with E-state index in [0.29, 0.717) is 22.2 Å². The molecule has 146 valence electrons. The van der Waals surface area contributed by atoms with Crippen LogP contribution in [-0.4, -0.2) is 36.5 Å². The topological polar surface area (TPSA) is 99.9 Å². The van der Waals surface area contributed by atoms with E-state index in [2.05, 4.69) is 19.3 Å². The van der Waals surface area contributed by atoms with Gasteiger partial charge in [0.05, 0.1) is 12.0 Å². The van der Waals surface area contributed by atoms with E-state index in [1.165, 1.54) is 6.20 Å². The Morgan fingerprint density at radius 3 is 2.90 bits per heavy atom. The van der Waals surface area contributed by atoms with Gasteiger partial charge in [-0.25, -0.2) is 9.78 Å². The first-order chi connectivity index (χ1) is 14.0. The maximum Gasteiger partial charge on any atom is 0.343 e. The second kappa shape index (κ2) is 7.69. The van der Waals surface area contributed by atoms with Gasteiger partial charge in [0, 0.05) is 35.7 Å². The zero-order valence-electron chi connectivity index (χ0n) is 15.4. The Kier molecular flexibility index (Phi) is 5.08. The summed E-state index contributed by atoms with van der Waals surface area (Å²) in [7, 11) is 0. The molecule has 0 amide bonds. The maximum absolute atomic E-state index is 12.9. The van der Waals surface area contributed by atoms with E-state index in [4.69, 9.17) is 16.3 Å². The Morgan fingerprint density at radius 1 is 1.34 bits per heavy atom. The van der Waals surface area contributed by atoms with Crippen LogP contribution in [0.15, 0.2) is 41.6 Å². The standard InChI is InChI=1S/C19H14ClN5O3S/c1-3-28-18(27)12-9-25(17-14(15(12)26)10(2)7-13(20)22-17)19-23-16(24-29-19)11-5-4-6-21-8-11/h4-9H,3H2,1-2H3. The van der Waals surface area contributed by atoms with Gasteiger partial charge in [-0.2, -0.15) is 9.36 Å². The molecule has 4 heterocycles. The van der Waals surface area contributed by atoms with E-state index in [-0.39, 0.29) is 22.7 Å². The maximum atomic E-state index is 12.9. The number of fused-ring (bicyclic) bond motifs is 1. The number of carbonyl (C=O) groups excluding carboxylic acids is 1. The third kappa shape index (κ3) is 3.50. The number of ether oxygens (including phenoxy) is 1. The van der Waals surface area contributed by atoms with Crippen LogP contribution in [0.25, 0.3) is 27.6 Å². The summed E-state index contributed by atoms with van der Waals surface area (Å²) in [5.41, 5.74) is 1.06. The molecule has 0 spiro atoms. The van der Waals surface area contributed by atoms with Crippen molar-refractivity contribution in [1.82, 2.24) is 23.9 Å². The fourth-order valence-corrected chi connectivity index (χ4v) is 3.79. The van der Waals surface area contributed by atoms with Gasteiger partial charge in [-0.1, -0.05) is 11.6 Å². The van der Waals surface area contributed by atoms with E-state index in [1.807, 2.05) is 6.07 Å². The summed E-state index contributed by atoms with van der Waals surface area (Å²) in [6.07, 6.45) is 4.68. The number of halogens is 1. The molecule has 4 aromatic rings. The summed E-state index contributed by atoms with van der Waals surface area (Å²) in [6, 6.07) is 5.20. The van der Waals surface area contributed by atoms with Crippen LogP contribution in [-0.2, 0) is 4.74 Å². The molecule has 0 N–H and O–H groups in total. The lowest BCUT2D eigenvalue weighted by atomic mass is 10.1. The van der Waals surface area contributed by atoms with Crippen LogP contribution in [0, 0.1) is 6.92 Å². The fraction of sp³-hybridized carbons (Fsp3) is 0.158. The molecule has 0 radical (unpaired) electrons. The first kappa shape index (κ1) is 19.2. The largest absolute Gasteiger partial charge is 0.462 e. The van der Waals surface area contributed by atoms with E-state index < -0.39 is 11.4 Å². The molecule has 4 rings (SSSR count). The fourth-order valence-electron chi connectivity index (χ4n) is 2.88. The summed E-state index contributed by atoms with van der Waals surface area (Å²) in [5, 5.41) is 0.927. The van der Waals surface area contributed by atoms with Crippen LogP contribution in [0.5, 0.6) is 0 Å². The van der Waals surface area contributed by atoms with Crippen LogP contribution in [0.2, 0.25) is 5.15 Å². The number of hydrogen-bond donors (Lipinski definition) is 0. The summed E-state index contributed by atoms with van der Waals surface area (Å²) >= 11 is 7.23. The SMILES string of the molecule is CCOC(=O)c1cn(-c2nc(-c3cccnc3)ns2)c2nc(Cl)cc(C)c2c1=O. The lowest BCUT2D eigenvalue weighted by Gasteiger charge is -2.11. The minimum absolute atomic E-state index is 0.107. The quantitative estimate of drug-likeness (QED) is 0.363. The highest BCUT2D eigenvalue weighted by Gasteiger charge is 2.21. The van der Waals surface area contributed by atoms with Gasteiger partial charge >= 0.3 is 5.97 Å². The van der Waals surface area contributed by atoms with Gasteiger partial charge in [0.15, 0.2) is 11.5 Å². The number of esters is 1. The molecule has 8 nitrogen and oxygen atoms in total. The van der Waals surface area contributed by atoms with Crippen molar-refractivity contribution in [2.45, 2.75) is 13.8 Å². The van der Waals surface area contributed by atoms with Gasteiger partial charge in [-0.3, -0.25) is 14.3 Å². The van der Waals surface area contributed by atoms with Crippen molar-refractivity contribution >= 4 is 40.1 Å². The Bertz CT molecular complexity index is 1290. The predicted molar refractivity (Wildman–Crippen MR) is 110 cm³/mol. The minimum Gasteiger partial charge on any atom is -0.462 e. The lowest BCUT2D eigenvalue weighted by molar-refractivity contribution is 0.0524. The molecule has 0 saturated carbocycles. The van der Waals surface area contributed by atoms with Crippen LogP contribution in [0.4, 0.5) is 0 Å². The molecule has 0 atom stereocenters. The molecular weight excluding hydrogens is 414 g/mol. The van der Waals surface area contributed by atoms with Crippen LogP contribution < -0.4 is 5.43 Å². The highest BCUT2D eigenvalue weighted by Crippen LogP contribution is 2.25. The van der Waals surface area contributed by atoms with Crippen molar-refractivity contribution in [3.63, 3.8) is 0 Å². The lowest BCUT2D eigenvalue weighted by Crippen LogP contribution is -2.21. The molecule has 4 aromatic heterocycles. The second-order valence-corrected chi connectivity index (χ2v) is 7.18. The second-order valence-electron chi connectivity index (χ2n) is 6.07. The van der Waals surface area contributed by atoms with Crippen LogP contribution in [0.3, 0.4) is 0 Å². The zero-order chi connectivity index (χ0) is 20.5. The molecule has 0 aliphatic rings. The van der Waals surface area contributed by atoms with Crippen molar-refractivity contribution in [2.24, 2.45) is 0 Å². The Labute approximate surface area is 174 Å². The highest BCUT2D eigenvalue weighted by atomic mass is 35.5. The number of aromatic nitrogens is 5. The van der Waals surface area contributed by atoms with E-state index >= 15 is 0 Å². The molecule has 0 aliphatic heterocycles. The Balaban J connectivity index is 1.99. The Hall–Kier alpha value is -3.17. The van der Waals surface area contributed by atoms with Gasteiger partial charge in [-0.15, -0.1) is 0 Å². The van der Waals surface area contributed by atoms with Gasteiger partial charge in [0.25, 0.3) is 0 Å². The average molecular weight is 428 g/mol. The van der Waals surface area contributed by atoms with Crippen molar-refractivity contribution < 1.29 is 9.53 Å². The highest BCUT2D eigenvalue weighted by molar-refractivity contribution is 7.08. The van der Waals surface area contributed by atoms with Gasteiger partial charge < -0.3 is 4.74 Å². The van der Waals surface area contributed by atoms with Crippen molar-refractivity contribution in [3.8, 4) is 16.5 Å².